The van der Waals surface area contributed by atoms with Gasteiger partial charge in [-0.15, -0.1) is 0 Å². The zero-order valence-corrected chi connectivity index (χ0v) is 15.3. The number of hydrogen-bond donors (Lipinski definition) is 1. The van der Waals surface area contributed by atoms with Gasteiger partial charge in [-0.05, 0) is 57.6 Å². The molecule has 0 radical (unpaired) electrons. The van der Waals surface area contributed by atoms with Gasteiger partial charge in [-0.1, -0.05) is 19.0 Å². The van der Waals surface area contributed by atoms with Crippen molar-refractivity contribution in [3.63, 3.8) is 0 Å². The Morgan fingerprint density at radius 1 is 1.29 bits per heavy atom. The van der Waals surface area contributed by atoms with Crippen molar-refractivity contribution in [2.24, 2.45) is 5.41 Å². The number of nitrogens with zero attached hydrogens (tertiary/aromatic N) is 3. The molecule has 24 heavy (non-hydrogen) atoms. The number of benzene rings is 1. The van der Waals surface area contributed by atoms with Crippen LogP contribution in [0.1, 0.15) is 37.0 Å². The van der Waals surface area contributed by atoms with Gasteiger partial charge in [0.25, 0.3) is 11.8 Å². The third-order valence-electron chi connectivity index (χ3n) is 4.17. The van der Waals surface area contributed by atoms with E-state index in [4.69, 9.17) is 4.52 Å². The monoisotopic (exact) mass is 330 g/mol. The Kier molecular flexibility index (Phi) is 5.39. The second-order valence-electron chi connectivity index (χ2n) is 7.15. The Morgan fingerprint density at radius 2 is 1.92 bits per heavy atom. The Hall–Kier alpha value is -2.21. The molecular weight excluding hydrogens is 304 g/mol. The molecule has 6 nitrogen and oxygen atoms in total. The number of aryl methyl sites for hydroxylation is 1. The Labute approximate surface area is 143 Å². The summed E-state index contributed by atoms with van der Waals surface area (Å²) in [5.74, 6) is 0.964. The number of hydrogen-bond acceptors (Lipinski definition) is 5. The summed E-state index contributed by atoms with van der Waals surface area (Å²) in [4.78, 5) is 18.8. The van der Waals surface area contributed by atoms with Crippen molar-refractivity contribution in [2.45, 2.75) is 33.7 Å². The Bertz CT molecular complexity index is 689. The third-order valence-corrected chi connectivity index (χ3v) is 4.17. The summed E-state index contributed by atoms with van der Waals surface area (Å²) in [6.45, 7) is 9.00. The second kappa shape index (κ2) is 7.13. The first-order valence-electron chi connectivity index (χ1n) is 8.05. The average molecular weight is 330 g/mol. The first-order valence-corrected chi connectivity index (χ1v) is 8.05. The molecule has 2 aromatic rings. The van der Waals surface area contributed by atoms with E-state index in [-0.39, 0.29) is 17.4 Å². The highest BCUT2D eigenvalue weighted by Crippen LogP contribution is 2.22. The summed E-state index contributed by atoms with van der Waals surface area (Å²) < 4.78 is 5.13. The van der Waals surface area contributed by atoms with E-state index < -0.39 is 0 Å². The fourth-order valence-electron chi connectivity index (χ4n) is 2.61. The lowest BCUT2D eigenvalue weighted by molar-refractivity contribution is 0.0885. The van der Waals surface area contributed by atoms with Gasteiger partial charge in [-0.2, -0.15) is 4.98 Å². The molecule has 0 saturated heterocycles. The first kappa shape index (κ1) is 18.1. The minimum atomic E-state index is -0.0809. The lowest BCUT2D eigenvalue weighted by Gasteiger charge is -2.34. The summed E-state index contributed by atoms with van der Waals surface area (Å²) in [5, 5.41) is 6.86. The number of aromatic nitrogens is 2. The molecule has 0 unspecified atom stereocenters. The summed E-state index contributed by atoms with van der Waals surface area (Å²) in [7, 11) is 4.07. The molecule has 0 bridgehead atoms. The van der Waals surface area contributed by atoms with E-state index in [1.807, 2.05) is 33.2 Å². The van der Waals surface area contributed by atoms with Crippen LogP contribution in [0.3, 0.4) is 0 Å². The van der Waals surface area contributed by atoms with Crippen LogP contribution in [0.15, 0.2) is 28.8 Å². The Balaban J connectivity index is 2.05. The van der Waals surface area contributed by atoms with Gasteiger partial charge in [0.15, 0.2) is 5.82 Å². The van der Waals surface area contributed by atoms with E-state index in [1.54, 1.807) is 19.1 Å². The van der Waals surface area contributed by atoms with Crippen molar-refractivity contribution in [3.05, 3.63) is 35.7 Å². The van der Waals surface area contributed by atoms with Crippen LogP contribution in [0, 0.1) is 12.3 Å². The van der Waals surface area contributed by atoms with E-state index in [2.05, 4.69) is 34.2 Å². The fraction of sp³-hybridized carbons (Fsp3) is 0.500. The SMILES string of the molecule is Cc1noc(-c2ccc(C(=O)N[C@H](C)C(C)(C)CN(C)C)cc2)n1. The van der Waals surface area contributed by atoms with E-state index in [0.717, 1.165) is 12.1 Å². The van der Waals surface area contributed by atoms with Crippen LogP contribution in [0.25, 0.3) is 11.5 Å². The maximum absolute atomic E-state index is 12.5. The largest absolute Gasteiger partial charge is 0.349 e. The van der Waals surface area contributed by atoms with Gasteiger partial charge in [-0.3, -0.25) is 4.79 Å². The van der Waals surface area contributed by atoms with E-state index in [0.29, 0.717) is 17.3 Å². The predicted molar refractivity (Wildman–Crippen MR) is 93.7 cm³/mol. The molecule has 2 rings (SSSR count). The maximum atomic E-state index is 12.5. The fourth-order valence-corrected chi connectivity index (χ4v) is 2.61. The quantitative estimate of drug-likeness (QED) is 0.882. The zero-order valence-electron chi connectivity index (χ0n) is 15.3. The molecule has 0 aliphatic carbocycles. The number of carbonyl (C=O) groups excluding carboxylic acids is 1. The van der Waals surface area contributed by atoms with E-state index >= 15 is 0 Å². The van der Waals surface area contributed by atoms with Crippen molar-refractivity contribution in [1.29, 1.82) is 0 Å². The lowest BCUT2D eigenvalue weighted by Crippen LogP contribution is -2.47. The molecule has 0 spiro atoms. The number of amides is 1. The molecule has 6 heteroatoms. The average Bonchev–Trinajstić information content (AvgIpc) is 2.92. The van der Waals surface area contributed by atoms with Crippen molar-refractivity contribution >= 4 is 5.91 Å². The number of nitrogens with one attached hydrogen (secondary N) is 1. The summed E-state index contributed by atoms with van der Waals surface area (Å²) in [6, 6.07) is 7.23. The number of carbonyl (C=O) groups is 1. The summed E-state index contributed by atoms with van der Waals surface area (Å²) in [6.07, 6.45) is 0. The van der Waals surface area contributed by atoms with E-state index in [9.17, 15) is 4.79 Å². The minimum Gasteiger partial charge on any atom is -0.349 e. The van der Waals surface area contributed by atoms with Crippen LogP contribution in [0.2, 0.25) is 0 Å². The molecule has 1 N–H and O–H groups in total. The van der Waals surface area contributed by atoms with Crippen LogP contribution in [0.4, 0.5) is 0 Å². The van der Waals surface area contributed by atoms with Crippen LogP contribution in [-0.2, 0) is 0 Å². The van der Waals surface area contributed by atoms with Crippen molar-refractivity contribution in [3.8, 4) is 11.5 Å². The standard InChI is InChI=1S/C18H26N4O2/c1-12(18(3,4)11-22(5)6)19-16(23)14-7-9-15(10-8-14)17-20-13(2)21-24-17/h7-10,12H,11H2,1-6H3,(H,19,23)/t12-/m1/s1. The summed E-state index contributed by atoms with van der Waals surface area (Å²) >= 11 is 0. The zero-order chi connectivity index (χ0) is 17.9. The van der Waals surface area contributed by atoms with Gasteiger partial charge >= 0.3 is 0 Å². The van der Waals surface area contributed by atoms with Crippen molar-refractivity contribution in [1.82, 2.24) is 20.4 Å². The van der Waals surface area contributed by atoms with Crippen molar-refractivity contribution in [2.75, 3.05) is 20.6 Å². The molecule has 0 fully saturated rings. The van der Waals surface area contributed by atoms with Gasteiger partial charge in [-0.25, -0.2) is 0 Å². The first-order chi connectivity index (χ1) is 11.2. The highest BCUT2D eigenvalue weighted by Gasteiger charge is 2.28. The van der Waals surface area contributed by atoms with Gasteiger partial charge in [0.1, 0.15) is 0 Å². The molecule has 1 atom stereocenters. The maximum Gasteiger partial charge on any atom is 0.257 e. The smallest absolute Gasteiger partial charge is 0.257 e. The number of rotatable bonds is 6. The molecule has 130 valence electrons. The highest BCUT2D eigenvalue weighted by molar-refractivity contribution is 5.94. The lowest BCUT2D eigenvalue weighted by atomic mass is 9.84. The summed E-state index contributed by atoms with van der Waals surface area (Å²) in [5.41, 5.74) is 1.39. The molecule has 0 aliphatic heterocycles. The molecule has 1 amide bonds. The molecule has 0 aliphatic rings. The topological polar surface area (TPSA) is 71.3 Å². The van der Waals surface area contributed by atoms with Crippen LogP contribution >= 0.6 is 0 Å². The van der Waals surface area contributed by atoms with Gasteiger partial charge in [0.05, 0.1) is 0 Å². The van der Waals surface area contributed by atoms with E-state index in [1.165, 1.54) is 0 Å². The third kappa shape index (κ3) is 4.41. The van der Waals surface area contributed by atoms with Crippen LogP contribution in [0.5, 0.6) is 0 Å². The van der Waals surface area contributed by atoms with Gasteiger partial charge in [0.2, 0.25) is 0 Å². The molecule has 1 aromatic carbocycles. The van der Waals surface area contributed by atoms with Crippen LogP contribution < -0.4 is 5.32 Å². The molecule has 1 aromatic heterocycles. The molecular formula is C18H26N4O2. The molecule has 1 heterocycles. The van der Waals surface area contributed by atoms with Crippen LogP contribution in [-0.4, -0.2) is 47.6 Å². The second-order valence-corrected chi connectivity index (χ2v) is 7.15. The molecule has 0 saturated carbocycles. The highest BCUT2D eigenvalue weighted by atomic mass is 16.5. The predicted octanol–water partition coefficient (Wildman–Crippen LogP) is 2.75. The van der Waals surface area contributed by atoms with Gasteiger partial charge < -0.3 is 14.7 Å². The van der Waals surface area contributed by atoms with Gasteiger partial charge in [0, 0.05) is 23.7 Å². The normalized spacial score (nSPS) is 13.1. The minimum absolute atomic E-state index is 0.0274. The Morgan fingerprint density at radius 3 is 2.42 bits per heavy atom. The van der Waals surface area contributed by atoms with Crippen molar-refractivity contribution < 1.29 is 9.32 Å².